The van der Waals surface area contributed by atoms with Crippen molar-refractivity contribution in [1.29, 1.82) is 0 Å². The summed E-state index contributed by atoms with van der Waals surface area (Å²) in [5.41, 5.74) is 0.0503. The van der Waals surface area contributed by atoms with Crippen LogP contribution in [0.2, 0.25) is 0 Å². The normalized spacial score (nSPS) is 10.5. The summed E-state index contributed by atoms with van der Waals surface area (Å²) in [6.45, 7) is 8.97. The Morgan fingerprint density at radius 2 is 2.00 bits per heavy atom. The molecule has 0 unspecified atom stereocenters. The molecule has 0 bridgehead atoms. The highest BCUT2D eigenvalue weighted by molar-refractivity contribution is 4.59. The van der Waals surface area contributed by atoms with Gasteiger partial charge in [0, 0.05) is 19.9 Å². The Kier molecular flexibility index (Phi) is 5.30. The highest BCUT2D eigenvalue weighted by atomic mass is 16.5. The van der Waals surface area contributed by atoms with E-state index in [1.54, 1.807) is 17.1 Å². The monoisotopic (exact) mass is 185 g/mol. The van der Waals surface area contributed by atoms with Gasteiger partial charge >= 0.3 is 0 Å². The van der Waals surface area contributed by atoms with Crippen molar-refractivity contribution in [3.63, 3.8) is 0 Å². The molecule has 13 heavy (non-hydrogen) atoms. The third-order valence-corrected chi connectivity index (χ3v) is 1.12. The fraction of sp³-hybridized carbons (Fsp3) is 0.778. The standard InChI is InChI=1S/C6H14O.C3H5N3/c1-5-7-6(2,3)4;1-6-3-2-4-5-6/h5H2,1-4H3;2-3H,1H3. The maximum atomic E-state index is 5.23. The minimum atomic E-state index is 0.0503. The van der Waals surface area contributed by atoms with Gasteiger partial charge in [-0.25, -0.2) is 0 Å². The Morgan fingerprint density at radius 3 is 2.08 bits per heavy atom. The minimum Gasteiger partial charge on any atom is -0.376 e. The molecule has 0 saturated heterocycles. The van der Waals surface area contributed by atoms with Gasteiger partial charge in [0.15, 0.2) is 0 Å². The first-order valence-corrected chi connectivity index (χ1v) is 4.40. The smallest absolute Gasteiger partial charge is 0.0692 e. The van der Waals surface area contributed by atoms with Crippen molar-refractivity contribution in [2.45, 2.75) is 33.3 Å². The largest absolute Gasteiger partial charge is 0.376 e. The molecule has 1 aromatic heterocycles. The number of nitrogens with zero attached hydrogens (tertiary/aromatic N) is 3. The van der Waals surface area contributed by atoms with Crippen molar-refractivity contribution in [3.05, 3.63) is 12.4 Å². The van der Waals surface area contributed by atoms with E-state index in [4.69, 9.17) is 4.74 Å². The van der Waals surface area contributed by atoms with Crippen molar-refractivity contribution in [2.75, 3.05) is 6.61 Å². The van der Waals surface area contributed by atoms with E-state index in [9.17, 15) is 0 Å². The van der Waals surface area contributed by atoms with Crippen molar-refractivity contribution in [1.82, 2.24) is 15.0 Å². The molecule has 0 spiro atoms. The van der Waals surface area contributed by atoms with E-state index >= 15 is 0 Å². The second kappa shape index (κ2) is 5.70. The summed E-state index contributed by atoms with van der Waals surface area (Å²) in [5, 5.41) is 7.12. The fourth-order valence-electron chi connectivity index (χ4n) is 0.700. The molecule has 0 radical (unpaired) electrons. The third-order valence-electron chi connectivity index (χ3n) is 1.12. The van der Waals surface area contributed by atoms with Gasteiger partial charge < -0.3 is 4.74 Å². The van der Waals surface area contributed by atoms with Crippen molar-refractivity contribution >= 4 is 0 Å². The molecule has 76 valence electrons. The molecule has 0 saturated carbocycles. The first kappa shape index (κ1) is 12.1. The number of aryl methyl sites for hydroxylation is 1. The van der Waals surface area contributed by atoms with E-state index < -0.39 is 0 Å². The lowest BCUT2D eigenvalue weighted by Crippen LogP contribution is -2.18. The predicted molar refractivity (Wildman–Crippen MR) is 52.4 cm³/mol. The number of rotatable bonds is 1. The molecule has 1 rings (SSSR count). The average molecular weight is 185 g/mol. The second-order valence-corrected chi connectivity index (χ2v) is 3.62. The predicted octanol–water partition coefficient (Wildman–Crippen LogP) is 1.64. The van der Waals surface area contributed by atoms with Gasteiger partial charge in [0.25, 0.3) is 0 Å². The van der Waals surface area contributed by atoms with Crippen molar-refractivity contribution in [2.24, 2.45) is 7.05 Å². The van der Waals surface area contributed by atoms with Gasteiger partial charge in [-0.05, 0) is 27.7 Å². The highest BCUT2D eigenvalue weighted by Crippen LogP contribution is 2.04. The van der Waals surface area contributed by atoms with E-state index in [-0.39, 0.29) is 5.60 Å². The molecular weight excluding hydrogens is 166 g/mol. The zero-order valence-electron chi connectivity index (χ0n) is 9.11. The maximum Gasteiger partial charge on any atom is 0.0692 e. The van der Waals surface area contributed by atoms with Gasteiger partial charge in [-0.2, -0.15) is 0 Å². The Hall–Kier alpha value is -0.900. The number of aromatic nitrogens is 3. The molecule has 0 aliphatic rings. The highest BCUT2D eigenvalue weighted by Gasteiger charge is 2.06. The van der Waals surface area contributed by atoms with Gasteiger partial charge in [0.05, 0.1) is 11.8 Å². The average Bonchev–Trinajstić information content (AvgIpc) is 2.38. The topological polar surface area (TPSA) is 39.9 Å². The minimum absolute atomic E-state index is 0.0503. The molecule has 0 amide bonds. The summed E-state index contributed by atoms with van der Waals surface area (Å²) >= 11 is 0. The van der Waals surface area contributed by atoms with Crippen LogP contribution in [-0.2, 0) is 11.8 Å². The van der Waals surface area contributed by atoms with Crippen LogP contribution in [-0.4, -0.2) is 27.2 Å². The van der Waals surface area contributed by atoms with E-state index in [0.29, 0.717) is 0 Å². The molecule has 0 aromatic carbocycles. The first-order valence-electron chi connectivity index (χ1n) is 4.40. The van der Waals surface area contributed by atoms with E-state index in [2.05, 4.69) is 31.1 Å². The van der Waals surface area contributed by atoms with Crippen LogP contribution in [0.3, 0.4) is 0 Å². The number of hydrogen-bond acceptors (Lipinski definition) is 3. The van der Waals surface area contributed by atoms with E-state index in [0.717, 1.165) is 6.61 Å². The summed E-state index contributed by atoms with van der Waals surface area (Å²) in [7, 11) is 1.83. The van der Waals surface area contributed by atoms with Crippen LogP contribution in [0.25, 0.3) is 0 Å². The Bertz CT molecular complexity index is 201. The quantitative estimate of drug-likeness (QED) is 0.667. The van der Waals surface area contributed by atoms with Crippen LogP contribution in [0.5, 0.6) is 0 Å². The molecule has 1 aromatic rings. The molecule has 0 N–H and O–H groups in total. The number of hydrogen-bond donors (Lipinski definition) is 0. The van der Waals surface area contributed by atoms with Crippen LogP contribution in [0.1, 0.15) is 27.7 Å². The lowest BCUT2D eigenvalue weighted by atomic mass is 10.2. The summed E-state index contributed by atoms with van der Waals surface area (Å²) in [5.74, 6) is 0. The molecule has 4 nitrogen and oxygen atoms in total. The molecule has 0 fully saturated rings. The van der Waals surface area contributed by atoms with Gasteiger partial charge in [0.1, 0.15) is 0 Å². The van der Waals surface area contributed by atoms with Crippen LogP contribution >= 0.6 is 0 Å². The van der Waals surface area contributed by atoms with Crippen LogP contribution < -0.4 is 0 Å². The number of ether oxygens (including phenoxy) is 1. The summed E-state index contributed by atoms with van der Waals surface area (Å²) < 4.78 is 6.87. The van der Waals surface area contributed by atoms with Crippen LogP contribution in [0, 0.1) is 0 Å². The fourth-order valence-corrected chi connectivity index (χ4v) is 0.700. The Labute approximate surface area is 79.9 Å². The van der Waals surface area contributed by atoms with Crippen LogP contribution in [0.4, 0.5) is 0 Å². The molecule has 0 aliphatic heterocycles. The SMILES string of the molecule is CCOC(C)(C)C.Cn1ccnn1. The summed E-state index contributed by atoms with van der Waals surface area (Å²) in [4.78, 5) is 0. The maximum absolute atomic E-state index is 5.23. The van der Waals surface area contributed by atoms with Crippen molar-refractivity contribution < 1.29 is 4.74 Å². The van der Waals surface area contributed by atoms with Crippen molar-refractivity contribution in [3.8, 4) is 0 Å². The lowest BCUT2D eigenvalue weighted by Gasteiger charge is -2.17. The molecule has 0 atom stereocenters. The van der Waals surface area contributed by atoms with Gasteiger partial charge in [-0.15, -0.1) is 5.10 Å². The van der Waals surface area contributed by atoms with E-state index in [1.165, 1.54) is 0 Å². The lowest BCUT2D eigenvalue weighted by molar-refractivity contribution is 0.00532. The van der Waals surface area contributed by atoms with E-state index in [1.807, 2.05) is 14.0 Å². The van der Waals surface area contributed by atoms with Gasteiger partial charge in [-0.3, -0.25) is 4.68 Å². The second-order valence-electron chi connectivity index (χ2n) is 3.62. The molecular formula is C9H19N3O. The molecule has 4 heteroatoms. The van der Waals surface area contributed by atoms with Gasteiger partial charge in [0.2, 0.25) is 0 Å². The Balaban J connectivity index is 0.000000223. The van der Waals surface area contributed by atoms with Crippen LogP contribution in [0.15, 0.2) is 12.4 Å². The summed E-state index contributed by atoms with van der Waals surface area (Å²) in [6.07, 6.45) is 3.42. The zero-order valence-corrected chi connectivity index (χ0v) is 9.11. The molecule has 1 heterocycles. The molecule has 0 aliphatic carbocycles. The first-order chi connectivity index (χ1) is 5.95. The zero-order chi connectivity index (χ0) is 10.3. The summed E-state index contributed by atoms with van der Waals surface area (Å²) in [6, 6.07) is 0. The van der Waals surface area contributed by atoms with Gasteiger partial charge in [-0.1, -0.05) is 5.21 Å². The third kappa shape index (κ3) is 9.01. The Morgan fingerprint density at radius 1 is 1.38 bits per heavy atom.